The number of hydrogen-bond acceptors (Lipinski definition) is 2. The highest BCUT2D eigenvalue weighted by molar-refractivity contribution is 5.85. The van der Waals surface area contributed by atoms with Gasteiger partial charge in [0.15, 0.2) is 0 Å². The molecule has 2 nitrogen and oxygen atoms in total. The molecule has 0 aliphatic carbocycles. The number of rotatable bonds is 4. The predicted molar refractivity (Wildman–Crippen MR) is 88.5 cm³/mol. The van der Waals surface area contributed by atoms with E-state index in [1.807, 2.05) is 49.4 Å². The minimum Gasteiger partial charge on any atom is -0.394 e. The van der Waals surface area contributed by atoms with Gasteiger partial charge in [-0.2, -0.15) is 0 Å². The van der Waals surface area contributed by atoms with Crippen LogP contribution in [-0.2, 0) is 5.54 Å². The van der Waals surface area contributed by atoms with Gasteiger partial charge >= 0.3 is 0 Å². The second kappa shape index (κ2) is 5.58. The van der Waals surface area contributed by atoms with Gasteiger partial charge in [-0.05, 0) is 35.4 Å². The summed E-state index contributed by atoms with van der Waals surface area (Å²) in [5.41, 5.74) is 1.58. The summed E-state index contributed by atoms with van der Waals surface area (Å²) in [5, 5.41) is 15.7. The fourth-order valence-electron chi connectivity index (χ4n) is 2.59. The molecule has 3 rings (SSSR count). The molecule has 0 aromatic heterocycles. The lowest BCUT2D eigenvalue weighted by Gasteiger charge is -2.30. The number of anilines is 1. The first-order valence-electron chi connectivity index (χ1n) is 7.15. The summed E-state index contributed by atoms with van der Waals surface area (Å²) in [4.78, 5) is 0. The van der Waals surface area contributed by atoms with Gasteiger partial charge in [-0.1, -0.05) is 60.7 Å². The molecule has 0 fully saturated rings. The van der Waals surface area contributed by atoms with Crippen molar-refractivity contribution in [2.75, 3.05) is 11.9 Å². The number of aliphatic hydroxyl groups is 1. The van der Waals surface area contributed by atoms with E-state index >= 15 is 0 Å². The van der Waals surface area contributed by atoms with Crippen molar-refractivity contribution in [3.8, 4) is 0 Å². The Morgan fingerprint density at radius 1 is 0.857 bits per heavy atom. The van der Waals surface area contributed by atoms with Crippen LogP contribution < -0.4 is 5.32 Å². The van der Waals surface area contributed by atoms with Gasteiger partial charge in [-0.25, -0.2) is 0 Å². The second-order valence-electron chi connectivity index (χ2n) is 5.54. The van der Waals surface area contributed by atoms with Crippen molar-refractivity contribution in [1.82, 2.24) is 0 Å². The maximum absolute atomic E-state index is 9.85. The van der Waals surface area contributed by atoms with Crippen molar-refractivity contribution in [2.24, 2.45) is 0 Å². The summed E-state index contributed by atoms with van der Waals surface area (Å²) in [6.07, 6.45) is 0. The molecular formula is C19H19NO. The molecular weight excluding hydrogens is 258 g/mol. The maximum atomic E-state index is 9.85. The standard InChI is InChI=1S/C19H19NO/c1-19(14-21,17-9-3-2-4-10-17)20-18-12-11-15-7-5-6-8-16(15)13-18/h2-13,20-21H,14H2,1H3. The Morgan fingerprint density at radius 3 is 2.24 bits per heavy atom. The SMILES string of the molecule is CC(CO)(Nc1ccc2ccccc2c1)c1ccccc1. The maximum Gasteiger partial charge on any atom is 0.0828 e. The minimum atomic E-state index is -0.496. The lowest BCUT2D eigenvalue weighted by Crippen LogP contribution is -2.35. The molecule has 0 heterocycles. The number of hydrogen-bond donors (Lipinski definition) is 2. The normalized spacial score (nSPS) is 13.8. The molecule has 0 spiro atoms. The molecule has 3 aromatic rings. The quantitative estimate of drug-likeness (QED) is 0.750. The van der Waals surface area contributed by atoms with Crippen molar-refractivity contribution in [3.63, 3.8) is 0 Å². The zero-order chi connectivity index (χ0) is 14.7. The zero-order valence-electron chi connectivity index (χ0n) is 12.1. The molecule has 0 aliphatic rings. The summed E-state index contributed by atoms with van der Waals surface area (Å²) in [7, 11) is 0. The van der Waals surface area contributed by atoms with Gasteiger partial charge in [0, 0.05) is 5.69 Å². The molecule has 0 saturated heterocycles. The van der Waals surface area contributed by atoms with Crippen molar-refractivity contribution in [1.29, 1.82) is 0 Å². The Bertz CT molecular complexity index is 739. The first-order valence-corrected chi connectivity index (χ1v) is 7.15. The third kappa shape index (κ3) is 2.76. The van der Waals surface area contributed by atoms with Gasteiger partial charge in [0.2, 0.25) is 0 Å². The van der Waals surface area contributed by atoms with Gasteiger partial charge in [-0.15, -0.1) is 0 Å². The Morgan fingerprint density at radius 2 is 1.52 bits per heavy atom. The predicted octanol–water partition coefficient (Wildman–Crippen LogP) is 4.16. The fraction of sp³-hybridized carbons (Fsp3) is 0.158. The average molecular weight is 277 g/mol. The third-order valence-corrected chi connectivity index (χ3v) is 3.90. The average Bonchev–Trinajstić information content (AvgIpc) is 2.55. The van der Waals surface area contributed by atoms with Crippen LogP contribution in [0.2, 0.25) is 0 Å². The molecule has 21 heavy (non-hydrogen) atoms. The van der Waals surface area contributed by atoms with E-state index in [9.17, 15) is 5.11 Å². The highest BCUT2D eigenvalue weighted by atomic mass is 16.3. The molecule has 0 radical (unpaired) electrons. The van der Waals surface area contributed by atoms with E-state index in [1.165, 1.54) is 10.8 Å². The molecule has 2 N–H and O–H groups in total. The first kappa shape index (κ1) is 13.7. The van der Waals surface area contributed by atoms with Crippen LogP contribution >= 0.6 is 0 Å². The lowest BCUT2D eigenvalue weighted by atomic mass is 9.92. The number of aliphatic hydroxyl groups excluding tert-OH is 1. The van der Waals surface area contributed by atoms with Gasteiger partial charge in [0.25, 0.3) is 0 Å². The van der Waals surface area contributed by atoms with Gasteiger partial charge in [0.1, 0.15) is 0 Å². The monoisotopic (exact) mass is 277 g/mol. The van der Waals surface area contributed by atoms with Crippen LogP contribution in [0.25, 0.3) is 10.8 Å². The van der Waals surface area contributed by atoms with Gasteiger partial charge in [0.05, 0.1) is 12.1 Å². The van der Waals surface area contributed by atoms with E-state index in [0.717, 1.165) is 11.3 Å². The van der Waals surface area contributed by atoms with Crippen LogP contribution in [-0.4, -0.2) is 11.7 Å². The number of fused-ring (bicyclic) bond motifs is 1. The van der Waals surface area contributed by atoms with Crippen molar-refractivity contribution in [3.05, 3.63) is 78.4 Å². The van der Waals surface area contributed by atoms with Crippen LogP contribution in [0, 0.1) is 0 Å². The smallest absolute Gasteiger partial charge is 0.0828 e. The summed E-state index contributed by atoms with van der Waals surface area (Å²) < 4.78 is 0. The lowest BCUT2D eigenvalue weighted by molar-refractivity contribution is 0.224. The number of nitrogens with one attached hydrogen (secondary N) is 1. The first-order chi connectivity index (χ1) is 10.2. The Hall–Kier alpha value is -2.32. The minimum absolute atomic E-state index is 0.0316. The van der Waals surface area contributed by atoms with Gasteiger partial charge < -0.3 is 10.4 Å². The molecule has 2 heteroatoms. The molecule has 1 atom stereocenters. The molecule has 0 saturated carbocycles. The molecule has 0 bridgehead atoms. The van der Waals surface area contributed by atoms with E-state index in [-0.39, 0.29) is 6.61 Å². The summed E-state index contributed by atoms with van der Waals surface area (Å²) in [5.74, 6) is 0. The van der Waals surface area contributed by atoms with Crippen LogP contribution in [0.5, 0.6) is 0 Å². The van der Waals surface area contributed by atoms with Crippen LogP contribution in [0.4, 0.5) is 5.69 Å². The van der Waals surface area contributed by atoms with E-state index in [4.69, 9.17) is 0 Å². The molecule has 1 unspecified atom stereocenters. The third-order valence-electron chi connectivity index (χ3n) is 3.90. The Labute approximate surface area is 125 Å². The molecule has 0 aliphatic heterocycles. The fourth-order valence-corrected chi connectivity index (χ4v) is 2.59. The second-order valence-corrected chi connectivity index (χ2v) is 5.54. The molecule has 106 valence electrons. The largest absolute Gasteiger partial charge is 0.394 e. The van der Waals surface area contributed by atoms with E-state index in [0.29, 0.717) is 0 Å². The topological polar surface area (TPSA) is 32.3 Å². The molecule has 0 amide bonds. The van der Waals surface area contributed by atoms with Gasteiger partial charge in [-0.3, -0.25) is 0 Å². The van der Waals surface area contributed by atoms with E-state index in [2.05, 4.69) is 35.6 Å². The van der Waals surface area contributed by atoms with Crippen LogP contribution in [0.15, 0.2) is 72.8 Å². The Kier molecular flexibility index (Phi) is 3.63. The number of benzene rings is 3. The zero-order valence-corrected chi connectivity index (χ0v) is 12.1. The Balaban J connectivity index is 1.95. The molecule has 3 aromatic carbocycles. The van der Waals surface area contributed by atoms with Crippen molar-refractivity contribution in [2.45, 2.75) is 12.5 Å². The summed E-state index contributed by atoms with van der Waals surface area (Å²) in [6.45, 7) is 2.04. The van der Waals surface area contributed by atoms with Crippen molar-refractivity contribution >= 4 is 16.5 Å². The van der Waals surface area contributed by atoms with E-state index < -0.39 is 5.54 Å². The summed E-state index contributed by atoms with van der Waals surface area (Å²) >= 11 is 0. The van der Waals surface area contributed by atoms with E-state index in [1.54, 1.807) is 0 Å². The summed E-state index contributed by atoms with van der Waals surface area (Å²) in [6, 6.07) is 24.6. The highest BCUT2D eigenvalue weighted by Gasteiger charge is 2.25. The van der Waals surface area contributed by atoms with Crippen LogP contribution in [0.3, 0.4) is 0 Å². The highest BCUT2D eigenvalue weighted by Crippen LogP contribution is 2.27. The van der Waals surface area contributed by atoms with Crippen molar-refractivity contribution < 1.29 is 5.11 Å². The van der Waals surface area contributed by atoms with Crippen LogP contribution in [0.1, 0.15) is 12.5 Å².